The lowest BCUT2D eigenvalue weighted by Crippen LogP contribution is -2.53. The molecular weight excluding hydrogens is 529 g/mol. The Kier molecular flexibility index (Phi) is 7.08. The quantitative estimate of drug-likeness (QED) is 0.427. The van der Waals surface area contributed by atoms with Gasteiger partial charge in [-0.1, -0.05) is 24.3 Å². The van der Waals surface area contributed by atoms with Gasteiger partial charge in [-0.2, -0.15) is 0 Å². The van der Waals surface area contributed by atoms with Crippen LogP contribution in [0.5, 0.6) is 0 Å². The van der Waals surface area contributed by atoms with Gasteiger partial charge in [0, 0.05) is 43.1 Å². The molecule has 2 aromatic carbocycles. The minimum atomic E-state index is -0.361. The molecule has 2 unspecified atom stereocenters. The highest BCUT2D eigenvalue weighted by molar-refractivity contribution is 5.88. The third kappa shape index (κ3) is 4.72. The largest absolute Gasteiger partial charge is 0.369 e. The van der Waals surface area contributed by atoms with Crippen molar-refractivity contribution in [1.82, 2.24) is 19.4 Å². The van der Waals surface area contributed by atoms with Crippen LogP contribution in [0.1, 0.15) is 75.2 Å². The molecular formula is C34H42FN5O2. The summed E-state index contributed by atoms with van der Waals surface area (Å²) in [5, 5.41) is 0. The van der Waals surface area contributed by atoms with Crippen LogP contribution in [-0.4, -0.2) is 62.9 Å². The molecule has 7 nitrogen and oxygen atoms in total. The van der Waals surface area contributed by atoms with Crippen molar-refractivity contribution in [1.29, 1.82) is 0 Å². The molecule has 0 radical (unpaired) electrons. The zero-order valence-electron chi connectivity index (χ0n) is 24.6. The van der Waals surface area contributed by atoms with Crippen LogP contribution in [0.25, 0.3) is 11.0 Å². The number of aromatic nitrogens is 2. The Bertz CT molecular complexity index is 1480. The molecule has 3 saturated heterocycles. The van der Waals surface area contributed by atoms with Crippen LogP contribution in [0.4, 0.5) is 4.39 Å². The van der Waals surface area contributed by atoms with Gasteiger partial charge in [0.25, 0.3) is 0 Å². The zero-order valence-corrected chi connectivity index (χ0v) is 24.6. The fourth-order valence-electron chi connectivity index (χ4n) is 8.82. The van der Waals surface area contributed by atoms with E-state index in [0.29, 0.717) is 37.6 Å². The molecule has 3 aromatic rings. The molecule has 5 atom stereocenters. The second-order valence-corrected chi connectivity index (χ2v) is 13.3. The fraction of sp³-hybridized carbons (Fsp3) is 0.559. The lowest BCUT2D eigenvalue weighted by atomic mass is 9.69. The first-order chi connectivity index (χ1) is 20.3. The third-order valence-corrected chi connectivity index (χ3v) is 11.3. The van der Waals surface area contributed by atoms with E-state index in [4.69, 9.17) is 10.7 Å². The maximum Gasteiger partial charge on any atom is 0.226 e. The molecule has 4 heterocycles. The van der Waals surface area contributed by atoms with E-state index >= 15 is 0 Å². The van der Waals surface area contributed by atoms with Crippen LogP contribution in [0, 0.1) is 24.6 Å². The molecule has 2 amide bonds. The Labute approximate surface area is 247 Å². The predicted octanol–water partition coefficient (Wildman–Crippen LogP) is 5.11. The maximum absolute atomic E-state index is 14.5. The number of nitrogens with two attached hydrogens (primary N) is 1. The summed E-state index contributed by atoms with van der Waals surface area (Å²) >= 11 is 0. The number of halogens is 1. The minimum absolute atomic E-state index is 0.0697. The van der Waals surface area contributed by atoms with Crippen LogP contribution >= 0.6 is 0 Å². The number of piperidine rings is 2. The first kappa shape index (κ1) is 27.6. The predicted molar refractivity (Wildman–Crippen MR) is 160 cm³/mol. The van der Waals surface area contributed by atoms with Gasteiger partial charge in [-0.25, -0.2) is 9.37 Å². The smallest absolute Gasteiger partial charge is 0.226 e. The van der Waals surface area contributed by atoms with Crippen LogP contribution in [0.2, 0.25) is 0 Å². The second kappa shape index (κ2) is 10.8. The number of imidazole rings is 1. The average Bonchev–Trinajstić information content (AvgIpc) is 3.41. The van der Waals surface area contributed by atoms with Crippen molar-refractivity contribution < 1.29 is 14.0 Å². The van der Waals surface area contributed by atoms with Crippen molar-refractivity contribution in [3.63, 3.8) is 0 Å². The lowest BCUT2D eigenvalue weighted by Gasteiger charge is -2.47. The van der Waals surface area contributed by atoms with Crippen molar-refractivity contribution in [2.45, 2.75) is 88.3 Å². The highest BCUT2D eigenvalue weighted by atomic mass is 19.1. The van der Waals surface area contributed by atoms with Gasteiger partial charge in [-0.15, -0.1) is 0 Å². The number of primary amides is 1. The summed E-state index contributed by atoms with van der Waals surface area (Å²) in [5.41, 5.74) is 8.74. The van der Waals surface area contributed by atoms with E-state index in [-0.39, 0.29) is 34.9 Å². The summed E-state index contributed by atoms with van der Waals surface area (Å²) in [6.45, 7) is 4.40. The van der Waals surface area contributed by atoms with E-state index in [2.05, 4.69) is 46.7 Å². The van der Waals surface area contributed by atoms with Gasteiger partial charge >= 0.3 is 0 Å². The van der Waals surface area contributed by atoms with Crippen molar-refractivity contribution in [3.8, 4) is 0 Å². The van der Waals surface area contributed by atoms with Crippen LogP contribution in [0.3, 0.4) is 0 Å². The van der Waals surface area contributed by atoms with Crippen molar-refractivity contribution in [3.05, 3.63) is 65.7 Å². The van der Waals surface area contributed by atoms with Gasteiger partial charge in [0.1, 0.15) is 11.6 Å². The Morgan fingerprint density at radius 3 is 2.33 bits per heavy atom. The van der Waals surface area contributed by atoms with E-state index in [1.165, 1.54) is 24.4 Å². The molecule has 7 rings (SSSR count). The molecule has 2 N–H and O–H groups in total. The lowest BCUT2D eigenvalue weighted by molar-refractivity contribution is -0.147. The molecule has 3 aliphatic heterocycles. The highest BCUT2D eigenvalue weighted by Crippen LogP contribution is 2.46. The Morgan fingerprint density at radius 2 is 1.67 bits per heavy atom. The Balaban J connectivity index is 1.06. The van der Waals surface area contributed by atoms with Gasteiger partial charge in [0.05, 0.1) is 11.0 Å². The fourth-order valence-corrected chi connectivity index (χ4v) is 8.82. The van der Waals surface area contributed by atoms with Crippen LogP contribution in [-0.2, 0) is 15.0 Å². The number of benzene rings is 2. The van der Waals surface area contributed by atoms with E-state index < -0.39 is 0 Å². The Morgan fingerprint density at radius 1 is 0.952 bits per heavy atom. The number of nitrogens with zero attached hydrogens (tertiary/aromatic N) is 4. The summed E-state index contributed by atoms with van der Waals surface area (Å²) in [7, 11) is 0. The summed E-state index contributed by atoms with van der Waals surface area (Å²) in [6, 6.07) is 17.2. The van der Waals surface area contributed by atoms with Crippen molar-refractivity contribution in [2.24, 2.45) is 17.6 Å². The van der Waals surface area contributed by atoms with Gasteiger partial charge in [0.2, 0.25) is 11.8 Å². The second-order valence-electron chi connectivity index (χ2n) is 13.3. The zero-order chi connectivity index (χ0) is 29.0. The molecule has 42 heavy (non-hydrogen) atoms. The number of carbonyl (C=O) groups excluding carboxylic acids is 2. The van der Waals surface area contributed by atoms with E-state index in [1.807, 2.05) is 11.0 Å². The molecule has 0 spiro atoms. The first-order valence-corrected chi connectivity index (χ1v) is 15.9. The van der Waals surface area contributed by atoms with Gasteiger partial charge < -0.3 is 15.2 Å². The molecule has 1 aliphatic carbocycles. The van der Waals surface area contributed by atoms with Crippen LogP contribution in [0.15, 0.2) is 48.5 Å². The summed E-state index contributed by atoms with van der Waals surface area (Å²) in [4.78, 5) is 34.6. The molecule has 2 bridgehead atoms. The minimum Gasteiger partial charge on any atom is -0.369 e. The van der Waals surface area contributed by atoms with E-state index in [1.54, 1.807) is 6.07 Å². The van der Waals surface area contributed by atoms with Crippen molar-refractivity contribution >= 4 is 22.8 Å². The number of fused-ring (bicyclic) bond motifs is 3. The average molecular weight is 572 g/mol. The molecule has 4 aliphatic rings. The van der Waals surface area contributed by atoms with Crippen LogP contribution < -0.4 is 5.73 Å². The SMILES string of the molecule is Cc1nc2ccccc2n1[C@H]1C[C@H]2CC[C@@H](C1)N2CCC1(c2cccc(F)c2)CCN(C(=O)C2CCC2C(N)=O)CC1. The highest BCUT2D eigenvalue weighted by Gasteiger charge is 2.46. The number of aryl methyl sites for hydroxylation is 1. The summed E-state index contributed by atoms with van der Waals surface area (Å²) in [6.07, 6.45) is 8.74. The molecule has 8 heteroatoms. The maximum atomic E-state index is 14.5. The number of hydrogen-bond acceptors (Lipinski definition) is 4. The van der Waals surface area contributed by atoms with Gasteiger partial charge in [0.15, 0.2) is 0 Å². The monoisotopic (exact) mass is 571 g/mol. The van der Waals surface area contributed by atoms with Gasteiger partial charge in [-0.3, -0.25) is 14.5 Å². The standard InChI is InChI=1S/C34H42FN5O2/c1-22-37-30-7-2-3-8-31(30)40(22)27-20-25-9-10-26(21-27)39(25)18-15-34(23-5-4-6-24(35)19-23)13-16-38(17-14-34)33(42)29-12-11-28(29)32(36)41/h2-8,19,25-29H,9-18,20-21H2,1H3,(H2,36,41)/t25-,26+,27+,28?,29?. The molecule has 1 aromatic heterocycles. The number of rotatable bonds is 7. The summed E-state index contributed by atoms with van der Waals surface area (Å²) in [5.74, 6) is 0.0190. The number of hydrogen-bond donors (Lipinski definition) is 1. The third-order valence-electron chi connectivity index (χ3n) is 11.3. The Hall–Kier alpha value is -3.26. The van der Waals surface area contributed by atoms with Crippen molar-refractivity contribution in [2.75, 3.05) is 19.6 Å². The van der Waals surface area contributed by atoms with Gasteiger partial charge in [-0.05, 0) is 106 Å². The number of carbonyl (C=O) groups is 2. The normalized spacial score (nSPS) is 29.0. The molecule has 1 saturated carbocycles. The first-order valence-electron chi connectivity index (χ1n) is 15.9. The number of para-hydroxylation sites is 2. The topological polar surface area (TPSA) is 84.5 Å². The molecule has 222 valence electrons. The summed E-state index contributed by atoms with van der Waals surface area (Å²) < 4.78 is 17.0. The van der Waals surface area contributed by atoms with E-state index in [0.717, 1.165) is 62.0 Å². The number of likely N-dealkylation sites (tertiary alicyclic amines) is 1. The van der Waals surface area contributed by atoms with E-state index in [9.17, 15) is 14.0 Å². The number of amides is 2. The molecule has 4 fully saturated rings.